The number of nitro benzene ring substituents is 1. The molecule has 1 N–H and O–H groups in total. The van der Waals surface area contributed by atoms with Crippen molar-refractivity contribution in [2.75, 3.05) is 45.0 Å². The first-order chi connectivity index (χ1) is 18.2. The summed E-state index contributed by atoms with van der Waals surface area (Å²) in [5, 5.41) is 13.5. The van der Waals surface area contributed by atoms with Gasteiger partial charge in [0.25, 0.3) is 5.69 Å². The number of alkyl halides is 3. The summed E-state index contributed by atoms with van der Waals surface area (Å²) >= 11 is 0. The zero-order chi connectivity index (χ0) is 27.4. The number of hydrogen-bond acceptors (Lipinski definition) is 8. The summed E-state index contributed by atoms with van der Waals surface area (Å²) < 4.78 is 60.3. The summed E-state index contributed by atoms with van der Waals surface area (Å²) in [5.74, 6) is -0.160. The molecular formula is C26H25F3N2O7. The minimum absolute atomic E-state index is 0.0209. The number of rotatable bonds is 14. The number of hydrogen-bond donors (Lipinski definition) is 1. The number of carbonyl (C=O) groups is 1. The Kier molecular flexibility index (Phi) is 10.4. The zero-order valence-corrected chi connectivity index (χ0v) is 20.1. The number of benzene rings is 3. The van der Waals surface area contributed by atoms with Crippen molar-refractivity contribution in [3.63, 3.8) is 0 Å². The molecule has 202 valence electrons. The van der Waals surface area contributed by atoms with Gasteiger partial charge in [0.05, 0.1) is 48.2 Å². The van der Waals surface area contributed by atoms with Gasteiger partial charge < -0.3 is 24.3 Å². The van der Waals surface area contributed by atoms with Gasteiger partial charge in [-0.15, -0.1) is 0 Å². The molecule has 0 fully saturated rings. The number of anilines is 2. The monoisotopic (exact) mass is 534 g/mol. The first kappa shape index (κ1) is 28.4. The van der Waals surface area contributed by atoms with Crippen LogP contribution in [0.1, 0.15) is 15.9 Å². The first-order valence-corrected chi connectivity index (χ1v) is 11.5. The molecular weight excluding hydrogens is 509 g/mol. The maximum atomic E-state index is 13.0. The van der Waals surface area contributed by atoms with Crippen LogP contribution in [0.4, 0.5) is 30.2 Å². The Balaban J connectivity index is 1.32. The number of nitrogens with zero attached hydrogens (tertiary/aromatic N) is 1. The molecule has 0 amide bonds. The lowest BCUT2D eigenvalue weighted by molar-refractivity contribution is -0.384. The SMILES string of the molecule is O=C(OCCOCCOCCOc1ccc([N+](=O)[O-])cc1)c1ccccc1Nc1cccc(C(F)(F)F)c1. The van der Waals surface area contributed by atoms with Crippen LogP contribution in [0.5, 0.6) is 5.75 Å². The maximum absolute atomic E-state index is 13.0. The summed E-state index contributed by atoms with van der Waals surface area (Å²) in [6.07, 6.45) is -4.48. The van der Waals surface area contributed by atoms with Gasteiger partial charge in [-0.2, -0.15) is 13.2 Å². The highest BCUT2D eigenvalue weighted by Crippen LogP contribution is 2.32. The molecule has 0 heterocycles. The third-order valence-electron chi connectivity index (χ3n) is 4.99. The maximum Gasteiger partial charge on any atom is 0.416 e. The molecule has 3 aromatic rings. The lowest BCUT2D eigenvalue weighted by atomic mass is 10.1. The number of carbonyl (C=O) groups excluding carboxylic acids is 1. The molecule has 0 aliphatic rings. The topological polar surface area (TPSA) is 109 Å². The van der Waals surface area contributed by atoms with Crippen LogP contribution in [0, 0.1) is 10.1 Å². The van der Waals surface area contributed by atoms with E-state index in [-0.39, 0.29) is 56.6 Å². The van der Waals surface area contributed by atoms with Crippen LogP contribution in [0.3, 0.4) is 0 Å². The van der Waals surface area contributed by atoms with E-state index in [1.54, 1.807) is 18.2 Å². The highest BCUT2D eigenvalue weighted by atomic mass is 19.4. The Bertz CT molecular complexity index is 1200. The second kappa shape index (κ2) is 14.0. The normalized spacial score (nSPS) is 11.1. The average molecular weight is 534 g/mol. The largest absolute Gasteiger partial charge is 0.491 e. The summed E-state index contributed by atoms with van der Waals surface area (Å²) in [5.41, 5.74) is -0.168. The van der Waals surface area contributed by atoms with Crippen molar-refractivity contribution in [2.45, 2.75) is 6.18 Å². The molecule has 3 aromatic carbocycles. The summed E-state index contributed by atoms with van der Waals surface area (Å²) in [4.78, 5) is 22.6. The fourth-order valence-corrected chi connectivity index (χ4v) is 3.17. The van der Waals surface area contributed by atoms with E-state index < -0.39 is 22.6 Å². The van der Waals surface area contributed by atoms with Crippen molar-refractivity contribution in [3.05, 3.63) is 94.0 Å². The zero-order valence-electron chi connectivity index (χ0n) is 20.1. The van der Waals surface area contributed by atoms with Crippen LogP contribution >= 0.6 is 0 Å². The highest BCUT2D eigenvalue weighted by Gasteiger charge is 2.30. The lowest BCUT2D eigenvalue weighted by Crippen LogP contribution is -2.15. The third kappa shape index (κ3) is 9.05. The molecule has 0 saturated carbocycles. The smallest absolute Gasteiger partial charge is 0.416 e. The molecule has 0 unspecified atom stereocenters. The molecule has 12 heteroatoms. The van der Waals surface area contributed by atoms with Gasteiger partial charge in [0.15, 0.2) is 0 Å². The van der Waals surface area contributed by atoms with Crippen molar-refractivity contribution >= 4 is 23.0 Å². The fraction of sp³-hybridized carbons (Fsp3) is 0.269. The van der Waals surface area contributed by atoms with Crippen LogP contribution in [0.25, 0.3) is 0 Å². The highest BCUT2D eigenvalue weighted by molar-refractivity contribution is 5.96. The van der Waals surface area contributed by atoms with Crippen molar-refractivity contribution < 1.29 is 41.8 Å². The van der Waals surface area contributed by atoms with Crippen molar-refractivity contribution in [3.8, 4) is 5.75 Å². The number of para-hydroxylation sites is 1. The minimum atomic E-state index is -4.48. The molecule has 0 aliphatic heterocycles. The predicted octanol–water partition coefficient (Wildman–Crippen LogP) is 5.63. The van der Waals surface area contributed by atoms with E-state index in [1.165, 1.54) is 42.5 Å². The van der Waals surface area contributed by atoms with Crippen LogP contribution in [0.2, 0.25) is 0 Å². The molecule has 0 radical (unpaired) electrons. The quantitative estimate of drug-likeness (QED) is 0.123. The van der Waals surface area contributed by atoms with Gasteiger partial charge in [0.1, 0.15) is 19.0 Å². The van der Waals surface area contributed by atoms with Crippen molar-refractivity contribution in [1.29, 1.82) is 0 Å². The van der Waals surface area contributed by atoms with Crippen LogP contribution in [-0.4, -0.2) is 50.5 Å². The Morgan fingerprint density at radius 2 is 1.50 bits per heavy atom. The molecule has 0 spiro atoms. The third-order valence-corrected chi connectivity index (χ3v) is 4.99. The summed E-state index contributed by atoms with van der Waals surface area (Å²) in [6, 6.07) is 16.7. The molecule has 3 rings (SSSR count). The van der Waals surface area contributed by atoms with Gasteiger partial charge >= 0.3 is 12.1 Å². The molecule has 9 nitrogen and oxygen atoms in total. The van der Waals surface area contributed by atoms with E-state index >= 15 is 0 Å². The molecule has 38 heavy (non-hydrogen) atoms. The minimum Gasteiger partial charge on any atom is -0.491 e. The number of nitrogens with one attached hydrogen (secondary N) is 1. The van der Waals surface area contributed by atoms with Crippen molar-refractivity contribution in [2.24, 2.45) is 0 Å². The molecule has 0 atom stereocenters. The molecule has 0 aliphatic carbocycles. The van der Waals surface area contributed by atoms with Gasteiger partial charge in [-0.3, -0.25) is 10.1 Å². The second-order valence-corrected chi connectivity index (χ2v) is 7.71. The number of esters is 1. The first-order valence-electron chi connectivity index (χ1n) is 11.5. The number of ether oxygens (including phenoxy) is 4. The molecule has 0 aromatic heterocycles. The fourth-order valence-electron chi connectivity index (χ4n) is 3.17. The van der Waals surface area contributed by atoms with E-state index in [0.29, 0.717) is 11.4 Å². The predicted molar refractivity (Wildman–Crippen MR) is 132 cm³/mol. The Hall–Kier alpha value is -4.16. The van der Waals surface area contributed by atoms with Gasteiger partial charge in [-0.05, 0) is 42.5 Å². The van der Waals surface area contributed by atoms with E-state index in [1.807, 2.05) is 0 Å². The van der Waals surface area contributed by atoms with Gasteiger partial charge in [0, 0.05) is 17.8 Å². The van der Waals surface area contributed by atoms with Gasteiger partial charge in [-0.25, -0.2) is 4.79 Å². The van der Waals surface area contributed by atoms with E-state index in [2.05, 4.69) is 5.32 Å². The van der Waals surface area contributed by atoms with Crippen LogP contribution < -0.4 is 10.1 Å². The Morgan fingerprint density at radius 3 is 2.18 bits per heavy atom. The standard InChI is InChI=1S/C26H25F3N2O7/c27-26(28,29)19-4-3-5-20(18-19)30-24-7-2-1-6-23(24)25(32)38-17-15-36-13-12-35-14-16-37-22-10-8-21(9-11-22)31(33)34/h1-11,18,30H,12-17H2. The van der Waals surface area contributed by atoms with Crippen LogP contribution in [0.15, 0.2) is 72.8 Å². The lowest BCUT2D eigenvalue weighted by Gasteiger charge is -2.13. The summed E-state index contributed by atoms with van der Waals surface area (Å²) in [6.45, 7) is 1.16. The molecule has 0 saturated heterocycles. The van der Waals surface area contributed by atoms with Crippen molar-refractivity contribution in [1.82, 2.24) is 0 Å². The second-order valence-electron chi connectivity index (χ2n) is 7.71. The Morgan fingerprint density at radius 1 is 0.842 bits per heavy atom. The van der Waals surface area contributed by atoms with E-state index in [0.717, 1.165) is 12.1 Å². The van der Waals surface area contributed by atoms with Gasteiger partial charge in [0.2, 0.25) is 0 Å². The molecule has 0 bridgehead atoms. The number of nitro groups is 1. The number of halogens is 3. The summed E-state index contributed by atoms with van der Waals surface area (Å²) in [7, 11) is 0. The Labute approximate surface area is 216 Å². The number of non-ortho nitro benzene ring substituents is 1. The average Bonchev–Trinajstić information content (AvgIpc) is 2.90. The van der Waals surface area contributed by atoms with E-state index in [4.69, 9.17) is 18.9 Å². The van der Waals surface area contributed by atoms with Crippen LogP contribution in [-0.2, 0) is 20.4 Å². The van der Waals surface area contributed by atoms with E-state index in [9.17, 15) is 28.1 Å². The van der Waals surface area contributed by atoms with Gasteiger partial charge in [-0.1, -0.05) is 18.2 Å².